The van der Waals surface area contributed by atoms with E-state index in [4.69, 9.17) is 4.74 Å². The number of aryl methyl sites for hydroxylation is 3. The SMILES string of the molecule is Cc1ccccc1CC(C)NCc1c(C)nn(C)c1N1CCOCC1.Cl. The number of nitrogens with one attached hydrogen (secondary N) is 1. The second kappa shape index (κ2) is 9.40. The van der Waals surface area contributed by atoms with Crippen molar-refractivity contribution in [3.8, 4) is 0 Å². The van der Waals surface area contributed by atoms with Crippen LogP contribution in [-0.2, 0) is 24.8 Å². The fraction of sp³-hybridized carbons (Fsp3) is 0.550. The smallest absolute Gasteiger partial charge is 0.131 e. The molecule has 0 spiro atoms. The summed E-state index contributed by atoms with van der Waals surface area (Å²) in [4.78, 5) is 2.40. The second-order valence-corrected chi connectivity index (χ2v) is 7.02. The molecule has 0 bridgehead atoms. The molecule has 0 radical (unpaired) electrons. The van der Waals surface area contributed by atoms with Crippen molar-refractivity contribution in [2.45, 2.75) is 39.8 Å². The summed E-state index contributed by atoms with van der Waals surface area (Å²) in [6.07, 6.45) is 1.04. The largest absolute Gasteiger partial charge is 0.378 e. The normalized spacial score (nSPS) is 15.6. The van der Waals surface area contributed by atoms with Gasteiger partial charge in [0.25, 0.3) is 0 Å². The van der Waals surface area contributed by atoms with Crippen LogP contribution in [0.25, 0.3) is 0 Å². The molecule has 1 atom stereocenters. The van der Waals surface area contributed by atoms with Crippen molar-refractivity contribution in [2.75, 3.05) is 31.2 Å². The summed E-state index contributed by atoms with van der Waals surface area (Å²) < 4.78 is 7.51. The lowest BCUT2D eigenvalue weighted by Gasteiger charge is -2.30. The number of morpholine rings is 1. The lowest BCUT2D eigenvalue weighted by Crippen LogP contribution is -2.38. The van der Waals surface area contributed by atoms with Crippen LogP contribution in [0.15, 0.2) is 24.3 Å². The minimum absolute atomic E-state index is 0. The van der Waals surface area contributed by atoms with Gasteiger partial charge in [0, 0.05) is 38.3 Å². The third kappa shape index (κ3) is 4.78. The van der Waals surface area contributed by atoms with E-state index in [1.165, 1.54) is 22.5 Å². The monoisotopic (exact) mass is 378 g/mol. The molecule has 1 aliphatic heterocycles. The van der Waals surface area contributed by atoms with Crippen molar-refractivity contribution in [2.24, 2.45) is 7.05 Å². The Morgan fingerprint density at radius 3 is 2.58 bits per heavy atom. The van der Waals surface area contributed by atoms with Crippen molar-refractivity contribution < 1.29 is 4.74 Å². The van der Waals surface area contributed by atoms with Gasteiger partial charge in [-0.15, -0.1) is 12.4 Å². The number of halogens is 1. The Labute approximate surface area is 163 Å². The summed E-state index contributed by atoms with van der Waals surface area (Å²) in [5, 5.41) is 8.35. The Balaban J connectivity index is 0.00000243. The molecule has 1 saturated heterocycles. The van der Waals surface area contributed by atoms with E-state index in [0.29, 0.717) is 6.04 Å². The number of hydrogen-bond acceptors (Lipinski definition) is 4. The van der Waals surface area contributed by atoms with E-state index in [0.717, 1.165) is 45.0 Å². The number of benzene rings is 1. The standard InChI is InChI=1S/C20H30N4O.ClH/c1-15-7-5-6-8-18(15)13-16(2)21-14-19-17(3)22-23(4)20(19)24-9-11-25-12-10-24;/h5-8,16,21H,9-14H2,1-4H3;1H. The molecule has 1 aromatic heterocycles. The fourth-order valence-electron chi connectivity index (χ4n) is 3.58. The lowest BCUT2D eigenvalue weighted by atomic mass is 10.0. The molecular weight excluding hydrogens is 348 g/mol. The summed E-state index contributed by atoms with van der Waals surface area (Å²) in [7, 11) is 2.04. The van der Waals surface area contributed by atoms with Crippen LogP contribution in [0.3, 0.4) is 0 Å². The van der Waals surface area contributed by atoms with Gasteiger partial charge >= 0.3 is 0 Å². The van der Waals surface area contributed by atoms with Gasteiger partial charge < -0.3 is 15.0 Å². The Bertz CT molecular complexity index is 710. The molecule has 2 aromatic rings. The molecule has 3 rings (SSSR count). The van der Waals surface area contributed by atoms with Crippen LogP contribution in [0.5, 0.6) is 0 Å². The van der Waals surface area contributed by atoms with E-state index in [1.54, 1.807) is 0 Å². The zero-order chi connectivity index (χ0) is 17.8. The summed E-state index contributed by atoms with van der Waals surface area (Å²) in [6, 6.07) is 9.05. The third-order valence-corrected chi connectivity index (χ3v) is 5.04. The van der Waals surface area contributed by atoms with E-state index < -0.39 is 0 Å². The van der Waals surface area contributed by atoms with E-state index in [-0.39, 0.29) is 12.4 Å². The maximum atomic E-state index is 5.50. The van der Waals surface area contributed by atoms with Gasteiger partial charge in [-0.25, -0.2) is 0 Å². The maximum absolute atomic E-state index is 5.50. The molecule has 0 amide bonds. The highest BCUT2D eigenvalue weighted by atomic mass is 35.5. The first-order valence-electron chi connectivity index (χ1n) is 9.19. The number of nitrogens with zero attached hydrogens (tertiary/aromatic N) is 3. The zero-order valence-electron chi connectivity index (χ0n) is 16.3. The van der Waals surface area contributed by atoms with Gasteiger partial charge in [-0.2, -0.15) is 5.10 Å². The van der Waals surface area contributed by atoms with Crippen LogP contribution in [-0.4, -0.2) is 42.1 Å². The van der Waals surface area contributed by atoms with Gasteiger partial charge in [0.1, 0.15) is 5.82 Å². The minimum atomic E-state index is 0. The highest BCUT2D eigenvalue weighted by Gasteiger charge is 2.21. The average molecular weight is 379 g/mol. The summed E-state index contributed by atoms with van der Waals surface area (Å²) in [5.74, 6) is 1.23. The maximum Gasteiger partial charge on any atom is 0.131 e. The molecule has 5 nitrogen and oxygen atoms in total. The average Bonchev–Trinajstić information content (AvgIpc) is 2.89. The van der Waals surface area contributed by atoms with E-state index in [9.17, 15) is 0 Å². The summed E-state index contributed by atoms with van der Waals surface area (Å²) in [5.41, 5.74) is 5.20. The Hall–Kier alpha value is -1.56. The topological polar surface area (TPSA) is 42.3 Å². The molecule has 2 heterocycles. The van der Waals surface area contributed by atoms with Crippen LogP contribution < -0.4 is 10.2 Å². The molecule has 1 N–H and O–H groups in total. The Morgan fingerprint density at radius 1 is 1.19 bits per heavy atom. The minimum Gasteiger partial charge on any atom is -0.378 e. The van der Waals surface area contributed by atoms with Crippen LogP contribution >= 0.6 is 12.4 Å². The van der Waals surface area contributed by atoms with Crippen molar-refractivity contribution in [3.05, 3.63) is 46.6 Å². The van der Waals surface area contributed by atoms with E-state index in [2.05, 4.69) is 60.4 Å². The Kier molecular flexibility index (Phi) is 7.50. The van der Waals surface area contributed by atoms with Crippen LogP contribution in [0, 0.1) is 13.8 Å². The number of hydrogen-bond donors (Lipinski definition) is 1. The van der Waals surface area contributed by atoms with Crippen molar-refractivity contribution in [3.63, 3.8) is 0 Å². The van der Waals surface area contributed by atoms with E-state index in [1.807, 2.05) is 11.7 Å². The van der Waals surface area contributed by atoms with Gasteiger partial charge in [-0.3, -0.25) is 4.68 Å². The first-order chi connectivity index (χ1) is 12.1. The van der Waals surface area contributed by atoms with Crippen LogP contribution in [0.1, 0.15) is 29.3 Å². The molecule has 1 fully saturated rings. The highest BCUT2D eigenvalue weighted by molar-refractivity contribution is 5.85. The van der Waals surface area contributed by atoms with Gasteiger partial charge in [-0.05, 0) is 38.3 Å². The fourth-order valence-corrected chi connectivity index (χ4v) is 3.58. The molecule has 1 aliphatic rings. The molecule has 0 aliphatic carbocycles. The molecule has 1 aromatic carbocycles. The molecule has 144 valence electrons. The molecule has 0 saturated carbocycles. The van der Waals surface area contributed by atoms with Gasteiger partial charge in [0.2, 0.25) is 0 Å². The highest BCUT2D eigenvalue weighted by Crippen LogP contribution is 2.24. The Morgan fingerprint density at radius 2 is 1.88 bits per heavy atom. The molecule has 1 unspecified atom stereocenters. The summed E-state index contributed by atoms with van der Waals surface area (Å²) >= 11 is 0. The number of aromatic nitrogens is 2. The second-order valence-electron chi connectivity index (χ2n) is 7.02. The summed E-state index contributed by atoms with van der Waals surface area (Å²) in [6.45, 7) is 10.8. The lowest BCUT2D eigenvalue weighted by molar-refractivity contribution is 0.122. The zero-order valence-corrected chi connectivity index (χ0v) is 17.1. The first kappa shape index (κ1) is 20.7. The van der Waals surface area contributed by atoms with Crippen molar-refractivity contribution in [1.29, 1.82) is 0 Å². The predicted molar refractivity (Wildman–Crippen MR) is 109 cm³/mol. The quantitative estimate of drug-likeness (QED) is 0.839. The van der Waals surface area contributed by atoms with Gasteiger partial charge in [-0.1, -0.05) is 24.3 Å². The molecule has 6 heteroatoms. The van der Waals surface area contributed by atoms with Crippen LogP contribution in [0.4, 0.5) is 5.82 Å². The van der Waals surface area contributed by atoms with Crippen molar-refractivity contribution >= 4 is 18.2 Å². The third-order valence-electron chi connectivity index (χ3n) is 5.04. The van der Waals surface area contributed by atoms with Gasteiger partial charge in [0.15, 0.2) is 0 Å². The molecule has 26 heavy (non-hydrogen) atoms. The predicted octanol–water partition coefficient (Wildman–Crippen LogP) is 3.02. The van der Waals surface area contributed by atoms with Crippen LogP contribution in [0.2, 0.25) is 0 Å². The van der Waals surface area contributed by atoms with Gasteiger partial charge in [0.05, 0.1) is 18.9 Å². The molecular formula is C20H31ClN4O. The van der Waals surface area contributed by atoms with E-state index >= 15 is 0 Å². The first-order valence-corrected chi connectivity index (χ1v) is 9.19. The number of rotatable bonds is 6. The number of ether oxygens (including phenoxy) is 1. The number of anilines is 1. The van der Waals surface area contributed by atoms with Crippen molar-refractivity contribution in [1.82, 2.24) is 15.1 Å².